The van der Waals surface area contributed by atoms with E-state index in [9.17, 15) is 4.79 Å². The first-order valence-electron chi connectivity index (χ1n) is 5.98. The molecule has 1 fully saturated rings. The van der Waals surface area contributed by atoms with Crippen LogP contribution in [0.1, 0.15) is 36.0 Å². The molecule has 0 saturated heterocycles. The molecule has 1 aromatic carbocycles. The predicted octanol–water partition coefficient (Wildman–Crippen LogP) is 1.43. The summed E-state index contributed by atoms with van der Waals surface area (Å²) in [5.74, 6) is 0.133. The summed E-state index contributed by atoms with van der Waals surface area (Å²) in [5, 5.41) is 0. The largest absolute Gasteiger partial charge is 0.490 e. The molecule has 1 aliphatic carbocycles. The minimum atomic E-state index is -0.451. The molecule has 1 saturated carbocycles. The lowest BCUT2D eigenvalue weighted by Crippen LogP contribution is -2.32. The molecule has 0 unspecified atom stereocenters. The average Bonchev–Trinajstić information content (AvgIpc) is 2.32. The first-order chi connectivity index (χ1) is 8.16. The summed E-state index contributed by atoms with van der Waals surface area (Å²) in [6.07, 6.45) is 3.98. The fraction of sp³-hybridized carbons (Fsp3) is 0.462. The zero-order valence-electron chi connectivity index (χ0n) is 9.76. The number of hydrogen-bond donors (Lipinski definition) is 2. The van der Waals surface area contributed by atoms with Gasteiger partial charge in [-0.3, -0.25) is 4.79 Å². The number of hydrogen-bond acceptors (Lipinski definition) is 3. The lowest BCUT2D eigenvalue weighted by molar-refractivity contribution is 0.0986. The van der Waals surface area contributed by atoms with E-state index in [1.165, 1.54) is 0 Å². The highest BCUT2D eigenvalue weighted by Crippen LogP contribution is 2.25. The van der Waals surface area contributed by atoms with E-state index in [4.69, 9.17) is 16.2 Å². The number of carbonyl (C=O) groups is 1. The molecule has 0 spiro atoms. The molecule has 0 atom stereocenters. The molecule has 17 heavy (non-hydrogen) atoms. The van der Waals surface area contributed by atoms with Gasteiger partial charge in [0.25, 0.3) is 5.91 Å². The van der Waals surface area contributed by atoms with Gasteiger partial charge in [-0.2, -0.15) is 0 Å². The quantitative estimate of drug-likeness (QED) is 0.830. The van der Waals surface area contributed by atoms with E-state index < -0.39 is 5.91 Å². The molecular weight excluding hydrogens is 216 g/mol. The lowest BCUT2D eigenvalue weighted by Gasteiger charge is -2.27. The normalized spacial score (nSPS) is 24.3. The number of benzene rings is 1. The van der Waals surface area contributed by atoms with Crippen LogP contribution in [0.3, 0.4) is 0 Å². The Kier molecular flexibility index (Phi) is 3.64. The smallest absolute Gasteiger partial charge is 0.252 e. The van der Waals surface area contributed by atoms with Gasteiger partial charge in [-0.1, -0.05) is 12.1 Å². The number of primary amides is 1. The van der Waals surface area contributed by atoms with Crippen LogP contribution in [-0.4, -0.2) is 18.1 Å². The summed E-state index contributed by atoms with van der Waals surface area (Å²) in [6, 6.07) is 7.39. The number of nitrogens with two attached hydrogens (primary N) is 2. The van der Waals surface area contributed by atoms with Gasteiger partial charge in [-0.05, 0) is 37.8 Å². The third-order valence-corrected chi connectivity index (χ3v) is 3.17. The van der Waals surface area contributed by atoms with Gasteiger partial charge in [0.1, 0.15) is 5.75 Å². The standard InChI is InChI=1S/C13H18N2O2/c14-9-5-7-10(8-6-9)17-12-4-2-1-3-11(12)13(15)16/h1-4,9-10H,5-8,14H2,(H2,15,16)/t9-,10-. The van der Waals surface area contributed by atoms with Crippen molar-refractivity contribution in [1.82, 2.24) is 0 Å². The van der Waals surface area contributed by atoms with Crippen molar-refractivity contribution in [3.8, 4) is 5.75 Å². The number of carbonyl (C=O) groups excluding carboxylic acids is 1. The number of rotatable bonds is 3. The van der Waals surface area contributed by atoms with Crippen LogP contribution in [0.25, 0.3) is 0 Å². The summed E-state index contributed by atoms with van der Waals surface area (Å²) in [4.78, 5) is 11.2. The molecule has 1 aliphatic rings. The van der Waals surface area contributed by atoms with Gasteiger partial charge in [0, 0.05) is 6.04 Å². The Morgan fingerprint density at radius 3 is 2.47 bits per heavy atom. The topological polar surface area (TPSA) is 78.3 Å². The van der Waals surface area contributed by atoms with E-state index in [0.29, 0.717) is 17.4 Å². The Hall–Kier alpha value is -1.55. The lowest BCUT2D eigenvalue weighted by atomic mass is 9.93. The fourth-order valence-corrected chi connectivity index (χ4v) is 2.16. The van der Waals surface area contributed by atoms with Crippen molar-refractivity contribution >= 4 is 5.91 Å². The molecule has 1 amide bonds. The summed E-state index contributed by atoms with van der Waals surface area (Å²) in [6.45, 7) is 0. The van der Waals surface area contributed by atoms with Crippen LogP contribution in [0.2, 0.25) is 0 Å². The van der Waals surface area contributed by atoms with Crippen LogP contribution in [0.15, 0.2) is 24.3 Å². The second-order valence-corrected chi connectivity index (χ2v) is 4.52. The number of amides is 1. The van der Waals surface area contributed by atoms with Crippen molar-refractivity contribution in [3.05, 3.63) is 29.8 Å². The highest BCUT2D eigenvalue weighted by Gasteiger charge is 2.21. The SMILES string of the molecule is NC(=O)c1ccccc1O[C@H]1CC[C@H](N)CC1. The van der Waals surface area contributed by atoms with Crippen LogP contribution < -0.4 is 16.2 Å². The summed E-state index contributed by atoms with van der Waals surface area (Å²) < 4.78 is 5.84. The van der Waals surface area contributed by atoms with E-state index in [-0.39, 0.29) is 6.10 Å². The molecule has 4 N–H and O–H groups in total. The van der Waals surface area contributed by atoms with Crippen LogP contribution in [0.5, 0.6) is 5.75 Å². The molecule has 2 rings (SSSR count). The van der Waals surface area contributed by atoms with Gasteiger partial charge in [-0.15, -0.1) is 0 Å². The number of para-hydroxylation sites is 1. The molecule has 0 bridgehead atoms. The predicted molar refractivity (Wildman–Crippen MR) is 65.8 cm³/mol. The van der Waals surface area contributed by atoms with E-state index in [1.54, 1.807) is 18.2 Å². The average molecular weight is 234 g/mol. The molecule has 4 heteroatoms. The summed E-state index contributed by atoms with van der Waals surface area (Å²) in [7, 11) is 0. The zero-order chi connectivity index (χ0) is 12.3. The fourth-order valence-electron chi connectivity index (χ4n) is 2.16. The van der Waals surface area contributed by atoms with Gasteiger partial charge in [0.15, 0.2) is 0 Å². The number of ether oxygens (including phenoxy) is 1. The van der Waals surface area contributed by atoms with Gasteiger partial charge in [-0.25, -0.2) is 0 Å². The van der Waals surface area contributed by atoms with E-state index in [0.717, 1.165) is 25.7 Å². The monoisotopic (exact) mass is 234 g/mol. The maximum absolute atomic E-state index is 11.2. The van der Waals surface area contributed by atoms with Crippen molar-refractivity contribution in [2.24, 2.45) is 11.5 Å². The van der Waals surface area contributed by atoms with Crippen LogP contribution in [0, 0.1) is 0 Å². The van der Waals surface area contributed by atoms with Crippen molar-refractivity contribution in [1.29, 1.82) is 0 Å². The van der Waals surface area contributed by atoms with Gasteiger partial charge >= 0.3 is 0 Å². The van der Waals surface area contributed by atoms with Crippen molar-refractivity contribution in [3.63, 3.8) is 0 Å². The van der Waals surface area contributed by atoms with Gasteiger partial charge < -0.3 is 16.2 Å². The van der Waals surface area contributed by atoms with Crippen LogP contribution in [-0.2, 0) is 0 Å². The summed E-state index contributed by atoms with van der Waals surface area (Å²) >= 11 is 0. The Balaban J connectivity index is 2.05. The zero-order valence-corrected chi connectivity index (χ0v) is 9.76. The third kappa shape index (κ3) is 2.97. The first kappa shape index (κ1) is 11.9. The highest BCUT2D eigenvalue weighted by molar-refractivity contribution is 5.95. The van der Waals surface area contributed by atoms with E-state index >= 15 is 0 Å². The third-order valence-electron chi connectivity index (χ3n) is 3.17. The minimum Gasteiger partial charge on any atom is -0.490 e. The molecule has 1 aromatic rings. The molecule has 0 radical (unpaired) electrons. The Labute approximate surface area is 101 Å². The van der Waals surface area contributed by atoms with Crippen molar-refractivity contribution in [2.75, 3.05) is 0 Å². The van der Waals surface area contributed by atoms with Crippen LogP contribution >= 0.6 is 0 Å². The Morgan fingerprint density at radius 2 is 1.82 bits per heavy atom. The van der Waals surface area contributed by atoms with Gasteiger partial charge in [0.05, 0.1) is 11.7 Å². The maximum Gasteiger partial charge on any atom is 0.252 e. The molecule has 0 aromatic heterocycles. The molecular formula is C13H18N2O2. The van der Waals surface area contributed by atoms with Gasteiger partial charge in [0.2, 0.25) is 0 Å². The maximum atomic E-state index is 11.2. The van der Waals surface area contributed by atoms with Crippen LogP contribution in [0.4, 0.5) is 0 Å². The minimum absolute atomic E-state index is 0.148. The van der Waals surface area contributed by atoms with E-state index in [1.807, 2.05) is 6.07 Å². The van der Waals surface area contributed by atoms with Crippen molar-refractivity contribution in [2.45, 2.75) is 37.8 Å². The Bertz CT molecular complexity index is 398. The Morgan fingerprint density at radius 1 is 1.18 bits per heavy atom. The molecule has 0 aliphatic heterocycles. The summed E-state index contributed by atoms with van der Waals surface area (Å²) in [5.41, 5.74) is 11.6. The highest BCUT2D eigenvalue weighted by atomic mass is 16.5. The van der Waals surface area contributed by atoms with Crippen molar-refractivity contribution < 1.29 is 9.53 Å². The molecule has 92 valence electrons. The van der Waals surface area contributed by atoms with E-state index in [2.05, 4.69) is 0 Å². The molecule has 4 nitrogen and oxygen atoms in total. The second-order valence-electron chi connectivity index (χ2n) is 4.52. The second kappa shape index (κ2) is 5.19. The molecule has 0 heterocycles. The first-order valence-corrected chi connectivity index (χ1v) is 5.98.